The lowest BCUT2D eigenvalue weighted by atomic mass is 10.2. The monoisotopic (exact) mass is 515 g/mol. The Labute approximate surface area is 179 Å². The zero-order valence-corrected chi connectivity index (χ0v) is 19.7. The fraction of sp³-hybridized carbons (Fsp3) is 0.611. The minimum Gasteiger partial charge on any atom is -0.489 e. The van der Waals surface area contributed by atoms with Crippen molar-refractivity contribution in [1.29, 1.82) is 0 Å². The third kappa shape index (κ3) is 9.09. The molecule has 0 saturated carbocycles. The van der Waals surface area contributed by atoms with E-state index in [0.29, 0.717) is 18.3 Å². The van der Waals surface area contributed by atoms with E-state index in [0.717, 1.165) is 6.42 Å². The van der Waals surface area contributed by atoms with Crippen LogP contribution in [0, 0.1) is 5.82 Å². The van der Waals surface area contributed by atoms with E-state index in [9.17, 15) is 12.8 Å². The van der Waals surface area contributed by atoms with Crippen LogP contribution < -0.4 is 15.4 Å². The van der Waals surface area contributed by atoms with Gasteiger partial charge in [-0.1, -0.05) is 13.0 Å². The Morgan fingerprint density at radius 1 is 1.30 bits per heavy atom. The number of guanidine groups is 1. The first-order valence-corrected chi connectivity index (χ1v) is 10.3. The van der Waals surface area contributed by atoms with Crippen LogP contribution in [-0.4, -0.2) is 51.1 Å². The van der Waals surface area contributed by atoms with Crippen LogP contribution in [0.1, 0.15) is 34.1 Å². The molecule has 1 aromatic carbocycles. The summed E-state index contributed by atoms with van der Waals surface area (Å²) in [6.45, 7) is 7.75. The SMILES string of the molecule is CCC(CNC(=NC)NCCS(=O)(=O)C(C)(C)C)Oc1cccc(F)c1.I. The molecule has 2 N–H and O–H groups in total. The van der Waals surface area contributed by atoms with Crippen molar-refractivity contribution in [3.63, 3.8) is 0 Å². The van der Waals surface area contributed by atoms with Gasteiger partial charge in [0.15, 0.2) is 15.8 Å². The number of aliphatic imine (C=N–C) groups is 1. The van der Waals surface area contributed by atoms with Crippen LogP contribution in [0.15, 0.2) is 29.3 Å². The molecule has 0 fully saturated rings. The Balaban J connectivity index is 0.00000676. The van der Waals surface area contributed by atoms with Crippen molar-refractivity contribution in [2.75, 3.05) is 25.9 Å². The molecule has 0 spiro atoms. The maximum absolute atomic E-state index is 13.2. The van der Waals surface area contributed by atoms with Crippen molar-refractivity contribution in [2.45, 2.75) is 45.0 Å². The summed E-state index contributed by atoms with van der Waals surface area (Å²) in [5.41, 5.74) is 0. The molecule has 1 aromatic rings. The molecule has 0 saturated heterocycles. The summed E-state index contributed by atoms with van der Waals surface area (Å²) < 4.78 is 42.4. The van der Waals surface area contributed by atoms with Gasteiger partial charge in [0.2, 0.25) is 0 Å². The van der Waals surface area contributed by atoms with Gasteiger partial charge < -0.3 is 15.4 Å². The fourth-order valence-electron chi connectivity index (χ4n) is 2.04. The maximum Gasteiger partial charge on any atom is 0.191 e. The predicted octanol–water partition coefficient (Wildman–Crippen LogP) is 2.98. The highest BCUT2D eigenvalue weighted by Gasteiger charge is 2.28. The molecular formula is C18H31FIN3O3S. The van der Waals surface area contributed by atoms with Crippen LogP contribution in [0.5, 0.6) is 5.75 Å². The molecule has 0 aliphatic rings. The summed E-state index contributed by atoms with van der Waals surface area (Å²) in [5.74, 6) is 0.643. The second kappa shape index (κ2) is 11.7. The molecule has 6 nitrogen and oxygen atoms in total. The summed E-state index contributed by atoms with van der Waals surface area (Å²) >= 11 is 0. The fourth-order valence-corrected chi connectivity index (χ4v) is 3.03. The molecule has 156 valence electrons. The number of benzene rings is 1. The van der Waals surface area contributed by atoms with Gasteiger partial charge in [-0.15, -0.1) is 24.0 Å². The molecule has 1 atom stereocenters. The Hall–Kier alpha value is -1.10. The van der Waals surface area contributed by atoms with Crippen molar-refractivity contribution < 1.29 is 17.5 Å². The Kier molecular flexibility index (Phi) is 11.2. The van der Waals surface area contributed by atoms with Gasteiger partial charge in [-0.25, -0.2) is 12.8 Å². The first-order valence-electron chi connectivity index (χ1n) is 8.68. The highest BCUT2D eigenvalue weighted by molar-refractivity contribution is 14.0. The third-order valence-electron chi connectivity index (χ3n) is 3.87. The molecule has 0 heterocycles. The summed E-state index contributed by atoms with van der Waals surface area (Å²) in [7, 11) is -1.57. The van der Waals surface area contributed by atoms with Crippen molar-refractivity contribution >= 4 is 39.8 Å². The summed E-state index contributed by atoms with van der Waals surface area (Å²) in [6, 6.07) is 6.01. The molecule has 0 aromatic heterocycles. The van der Waals surface area contributed by atoms with Crippen molar-refractivity contribution in [2.24, 2.45) is 4.99 Å². The van der Waals surface area contributed by atoms with Crippen LogP contribution in [0.4, 0.5) is 4.39 Å². The van der Waals surface area contributed by atoms with Crippen LogP contribution in [-0.2, 0) is 9.84 Å². The van der Waals surface area contributed by atoms with Gasteiger partial charge in [-0.2, -0.15) is 0 Å². The smallest absolute Gasteiger partial charge is 0.191 e. The number of sulfone groups is 1. The van der Waals surface area contributed by atoms with Gasteiger partial charge in [0.1, 0.15) is 17.7 Å². The number of hydrogen-bond acceptors (Lipinski definition) is 4. The topological polar surface area (TPSA) is 79.8 Å². The van der Waals surface area contributed by atoms with Gasteiger partial charge in [0.25, 0.3) is 0 Å². The standard InChI is InChI=1S/C18H30FN3O3S.HI/c1-6-15(25-16-9-7-8-14(19)12-16)13-22-17(20-5)21-10-11-26(23,24)18(2,3)4;/h7-9,12,15H,6,10-11,13H2,1-5H3,(H2,20,21,22);1H. The average molecular weight is 515 g/mol. The van der Waals surface area contributed by atoms with Gasteiger partial charge >= 0.3 is 0 Å². The van der Waals surface area contributed by atoms with E-state index in [2.05, 4.69) is 15.6 Å². The second-order valence-corrected chi connectivity index (χ2v) is 9.78. The Morgan fingerprint density at radius 3 is 2.48 bits per heavy atom. The lowest BCUT2D eigenvalue weighted by Gasteiger charge is -2.21. The van der Waals surface area contributed by atoms with Gasteiger partial charge in [0, 0.05) is 19.7 Å². The van der Waals surface area contributed by atoms with Crippen LogP contribution in [0.3, 0.4) is 0 Å². The molecule has 9 heteroatoms. The first-order chi connectivity index (χ1) is 12.1. The van der Waals surface area contributed by atoms with E-state index >= 15 is 0 Å². The normalized spacial score (nSPS) is 13.5. The van der Waals surface area contributed by atoms with Crippen LogP contribution in [0.25, 0.3) is 0 Å². The van der Waals surface area contributed by atoms with Crippen LogP contribution >= 0.6 is 24.0 Å². The van der Waals surface area contributed by atoms with Gasteiger partial charge in [-0.05, 0) is 39.3 Å². The Bertz CT molecular complexity index is 706. The molecule has 0 aliphatic heterocycles. The largest absolute Gasteiger partial charge is 0.489 e. The molecule has 0 bridgehead atoms. The highest BCUT2D eigenvalue weighted by atomic mass is 127. The van der Waals surface area contributed by atoms with Crippen molar-refractivity contribution in [3.05, 3.63) is 30.1 Å². The molecule has 27 heavy (non-hydrogen) atoms. The zero-order chi connectivity index (χ0) is 19.8. The minimum absolute atomic E-state index is 0. The second-order valence-electron chi connectivity index (χ2n) is 6.92. The van der Waals surface area contributed by atoms with E-state index in [4.69, 9.17) is 4.74 Å². The highest BCUT2D eigenvalue weighted by Crippen LogP contribution is 2.15. The Morgan fingerprint density at radius 2 is 1.96 bits per heavy atom. The number of ether oxygens (including phenoxy) is 1. The van der Waals surface area contributed by atoms with Gasteiger partial charge in [-0.3, -0.25) is 4.99 Å². The molecule has 0 radical (unpaired) electrons. The third-order valence-corrected chi connectivity index (χ3v) is 6.48. The number of nitrogens with zero attached hydrogens (tertiary/aromatic N) is 1. The molecule has 0 aliphatic carbocycles. The number of rotatable bonds is 8. The average Bonchev–Trinajstić information content (AvgIpc) is 2.55. The zero-order valence-electron chi connectivity index (χ0n) is 16.6. The summed E-state index contributed by atoms with van der Waals surface area (Å²) in [5, 5.41) is 6.10. The molecule has 1 rings (SSSR count). The van der Waals surface area contributed by atoms with Crippen molar-refractivity contribution in [3.8, 4) is 5.75 Å². The molecule has 1 unspecified atom stereocenters. The van der Waals surface area contributed by atoms with E-state index in [-0.39, 0.29) is 48.2 Å². The lowest BCUT2D eigenvalue weighted by Crippen LogP contribution is -2.44. The van der Waals surface area contributed by atoms with E-state index in [1.807, 2.05) is 6.92 Å². The van der Waals surface area contributed by atoms with Crippen molar-refractivity contribution in [1.82, 2.24) is 10.6 Å². The van der Waals surface area contributed by atoms with E-state index < -0.39 is 14.6 Å². The number of nitrogens with one attached hydrogen (secondary N) is 2. The van der Waals surface area contributed by atoms with E-state index in [1.54, 1.807) is 40.0 Å². The number of hydrogen-bond donors (Lipinski definition) is 2. The summed E-state index contributed by atoms with van der Waals surface area (Å²) in [6.07, 6.45) is 0.549. The first kappa shape index (κ1) is 25.9. The predicted molar refractivity (Wildman–Crippen MR) is 119 cm³/mol. The van der Waals surface area contributed by atoms with Crippen LogP contribution in [0.2, 0.25) is 0 Å². The molecule has 0 amide bonds. The summed E-state index contributed by atoms with van der Waals surface area (Å²) in [4.78, 5) is 4.08. The maximum atomic E-state index is 13.2. The van der Waals surface area contributed by atoms with E-state index in [1.165, 1.54) is 12.1 Å². The lowest BCUT2D eigenvalue weighted by molar-refractivity contribution is 0.199. The van der Waals surface area contributed by atoms with Gasteiger partial charge in [0.05, 0.1) is 17.0 Å². The minimum atomic E-state index is -3.19. The quantitative estimate of drug-likeness (QED) is 0.316. The molecular weight excluding hydrogens is 484 g/mol. The number of halogens is 2.